The molecule has 9 heteroatoms. The lowest BCUT2D eigenvalue weighted by Crippen LogP contribution is -2.31. The number of carbonyl (C=O) groups excluding carboxylic acids is 1. The van der Waals surface area contributed by atoms with Gasteiger partial charge in [0.1, 0.15) is 12.4 Å². The molecule has 0 aliphatic rings. The van der Waals surface area contributed by atoms with Gasteiger partial charge in [0.25, 0.3) is 5.89 Å². The van der Waals surface area contributed by atoms with Gasteiger partial charge in [0.2, 0.25) is 5.91 Å². The van der Waals surface area contributed by atoms with Gasteiger partial charge in [0.05, 0.1) is 0 Å². The summed E-state index contributed by atoms with van der Waals surface area (Å²) in [7, 11) is 0. The molecule has 0 bridgehead atoms. The minimum Gasteiger partial charge on any atom is -0.444 e. The van der Waals surface area contributed by atoms with Crippen molar-refractivity contribution in [3.05, 3.63) is 63.0 Å². The van der Waals surface area contributed by atoms with Crippen LogP contribution in [0.4, 0.5) is 4.39 Å². The Morgan fingerprint density at radius 2 is 2.04 bits per heavy atom. The van der Waals surface area contributed by atoms with Crippen molar-refractivity contribution in [2.45, 2.75) is 13.1 Å². The number of nitrogens with one attached hydrogen (secondary N) is 1. The molecule has 2 heterocycles. The molecule has 0 aliphatic carbocycles. The molecular weight excluding hydrogens is 385 g/mol. The lowest BCUT2D eigenvalue weighted by molar-refractivity contribution is -0.122. The zero-order valence-corrected chi connectivity index (χ0v) is 13.7. The van der Waals surface area contributed by atoms with Crippen LogP contribution in [0.1, 0.15) is 5.56 Å². The maximum Gasteiger partial charge on any atom is 0.437 e. The SMILES string of the molecule is O=C(Cn1nc(-c2ccc(Br)o2)oc1=O)NCc1ccccc1F. The molecule has 2 aromatic heterocycles. The molecule has 0 fully saturated rings. The lowest BCUT2D eigenvalue weighted by Gasteiger charge is -2.05. The van der Waals surface area contributed by atoms with E-state index < -0.39 is 17.5 Å². The van der Waals surface area contributed by atoms with Crippen LogP contribution in [0.3, 0.4) is 0 Å². The van der Waals surface area contributed by atoms with E-state index in [0.29, 0.717) is 10.2 Å². The molecule has 0 radical (unpaired) electrons. The molecule has 0 unspecified atom stereocenters. The summed E-state index contributed by atoms with van der Waals surface area (Å²) < 4.78 is 25.0. The van der Waals surface area contributed by atoms with E-state index in [0.717, 1.165) is 4.68 Å². The normalized spacial score (nSPS) is 10.8. The molecule has 1 N–H and O–H groups in total. The van der Waals surface area contributed by atoms with E-state index >= 15 is 0 Å². The number of benzene rings is 1. The number of hydrogen-bond donors (Lipinski definition) is 1. The molecule has 3 aromatic rings. The van der Waals surface area contributed by atoms with Crippen molar-refractivity contribution < 1.29 is 18.0 Å². The van der Waals surface area contributed by atoms with E-state index in [4.69, 9.17) is 8.83 Å². The van der Waals surface area contributed by atoms with Crippen LogP contribution < -0.4 is 11.1 Å². The Morgan fingerprint density at radius 3 is 2.75 bits per heavy atom. The molecule has 0 atom stereocenters. The summed E-state index contributed by atoms with van der Waals surface area (Å²) in [6.07, 6.45) is 0. The van der Waals surface area contributed by atoms with Gasteiger partial charge in [-0.25, -0.2) is 9.18 Å². The van der Waals surface area contributed by atoms with Crippen LogP contribution in [-0.4, -0.2) is 15.7 Å². The molecule has 1 amide bonds. The van der Waals surface area contributed by atoms with E-state index in [1.165, 1.54) is 6.07 Å². The molecule has 1 aromatic carbocycles. The largest absolute Gasteiger partial charge is 0.444 e. The average Bonchev–Trinajstić information content (AvgIpc) is 3.13. The second kappa shape index (κ2) is 6.83. The zero-order chi connectivity index (χ0) is 17.1. The predicted octanol–water partition coefficient (Wildman–Crippen LogP) is 2.31. The van der Waals surface area contributed by atoms with Gasteiger partial charge in [0, 0.05) is 12.1 Å². The van der Waals surface area contributed by atoms with Crippen LogP contribution in [0.15, 0.2) is 54.7 Å². The van der Waals surface area contributed by atoms with Gasteiger partial charge in [-0.15, -0.1) is 5.10 Å². The third-order valence-electron chi connectivity index (χ3n) is 3.12. The van der Waals surface area contributed by atoms with E-state index in [1.807, 2.05) is 0 Å². The first kappa shape index (κ1) is 16.2. The van der Waals surface area contributed by atoms with Gasteiger partial charge in [-0.3, -0.25) is 4.79 Å². The molecule has 3 rings (SSSR count). The number of halogens is 2. The predicted molar refractivity (Wildman–Crippen MR) is 84.4 cm³/mol. The summed E-state index contributed by atoms with van der Waals surface area (Å²) in [5.74, 6) is -1.49. The second-order valence-electron chi connectivity index (χ2n) is 4.80. The standard InChI is InChI=1S/C15H11BrFN3O4/c16-12-6-5-11(23-12)14-19-20(15(22)24-14)8-13(21)18-7-9-3-1-2-4-10(9)17/h1-6H,7-8H2,(H,18,21). The first-order valence-electron chi connectivity index (χ1n) is 6.86. The fourth-order valence-corrected chi connectivity index (χ4v) is 2.27. The van der Waals surface area contributed by atoms with Gasteiger partial charge in [-0.05, 0) is 34.1 Å². The van der Waals surface area contributed by atoms with Crippen LogP contribution in [0.2, 0.25) is 0 Å². The fraction of sp³-hybridized carbons (Fsp3) is 0.133. The van der Waals surface area contributed by atoms with E-state index in [-0.39, 0.29) is 24.7 Å². The monoisotopic (exact) mass is 395 g/mol. The summed E-state index contributed by atoms with van der Waals surface area (Å²) in [4.78, 5) is 23.6. The van der Waals surface area contributed by atoms with E-state index in [2.05, 4.69) is 26.3 Å². The summed E-state index contributed by atoms with van der Waals surface area (Å²) >= 11 is 3.13. The quantitative estimate of drug-likeness (QED) is 0.715. The number of aromatic nitrogens is 2. The smallest absolute Gasteiger partial charge is 0.437 e. The molecule has 0 aliphatic heterocycles. The van der Waals surface area contributed by atoms with Crippen molar-refractivity contribution in [2.24, 2.45) is 0 Å². The third kappa shape index (κ3) is 3.62. The number of nitrogens with zero attached hydrogens (tertiary/aromatic N) is 2. The number of amides is 1. The van der Waals surface area contributed by atoms with Gasteiger partial charge in [0.15, 0.2) is 10.4 Å². The number of rotatable bonds is 5. The highest BCUT2D eigenvalue weighted by atomic mass is 79.9. The Hall–Kier alpha value is -2.68. The van der Waals surface area contributed by atoms with Crippen LogP contribution in [0, 0.1) is 5.82 Å². The van der Waals surface area contributed by atoms with Gasteiger partial charge in [-0.2, -0.15) is 4.68 Å². The van der Waals surface area contributed by atoms with Crippen LogP contribution >= 0.6 is 15.9 Å². The first-order chi connectivity index (χ1) is 11.5. The lowest BCUT2D eigenvalue weighted by atomic mass is 10.2. The van der Waals surface area contributed by atoms with Crippen molar-refractivity contribution in [3.63, 3.8) is 0 Å². The molecular formula is C15H11BrFN3O4. The summed E-state index contributed by atoms with van der Waals surface area (Å²) in [6.45, 7) is -0.339. The molecule has 124 valence electrons. The highest BCUT2D eigenvalue weighted by molar-refractivity contribution is 9.10. The minimum absolute atomic E-state index is 0.0100. The van der Waals surface area contributed by atoms with Crippen molar-refractivity contribution in [2.75, 3.05) is 0 Å². The first-order valence-corrected chi connectivity index (χ1v) is 7.66. The second-order valence-corrected chi connectivity index (χ2v) is 5.58. The molecule has 0 saturated carbocycles. The zero-order valence-electron chi connectivity index (χ0n) is 12.2. The molecule has 7 nitrogen and oxygen atoms in total. The van der Waals surface area contributed by atoms with Crippen LogP contribution in [-0.2, 0) is 17.9 Å². The Morgan fingerprint density at radius 1 is 1.25 bits per heavy atom. The van der Waals surface area contributed by atoms with Crippen LogP contribution in [0.5, 0.6) is 0 Å². The molecule has 0 saturated heterocycles. The number of hydrogen-bond acceptors (Lipinski definition) is 5. The van der Waals surface area contributed by atoms with Gasteiger partial charge < -0.3 is 14.2 Å². The van der Waals surface area contributed by atoms with Crippen LogP contribution in [0.25, 0.3) is 11.7 Å². The Bertz CT molecular complexity index is 931. The average molecular weight is 396 g/mol. The van der Waals surface area contributed by atoms with Crippen molar-refractivity contribution in [1.29, 1.82) is 0 Å². The summed E-state index contributed by atoms with van der Waals surface area (Å²) in [6, 6.07) is 9.28. The Kier molecular flexibility index (Phi) is 4.61. The Balaban J connectivity index is 1.65. The maximum atomic E-state index is 13.5. The van der Waals surface area contributed by atoms with E-state index in [9.17, 15) is 14.0 Å². The third-order valence-corrected chi connectivity index (χ3v) is 3.54. The van der Waals surface area contributed by atoms with Gasteiger partial charge >= 0.3 is 5.76 Å². The summed E-state index contributed by atoms with van der Waals surface area (Å²) in [5, 5.41) is 6.41. The summed E-state index contributed by atoms with van der Waals surface area (Å²) in [5.41, 5.74) is 0.347. The number of carbonyl (C=O) groups is 1. The minimum atomic E-state index is -0.793. The van der Waals surface area contributed by atoms with E-state index in [1.54, 1.807) is 30.3 Å². The number of furan rings is 1. The molecule has 24 heavy (non-hydrogen) atoms. The topological polar surface area (TPSA) is 90.3 Å². The maximum absolute atomic E-state index is 13.5. The van der Waals surface area contributed by atoms with Gasteiger partial charge in [-0.1, -0.05) is 18.2 Å². The van der Waals surface area contributed by atoms with Crippen molar-refractivity contribution in [3.8, 4) is 11.7 Å². The molecule has 0 spiro atoms. The van der Waals surface area contributed by atoms with Crippen molar-refractivity contribution in [1.82, 2.24) is 15.1 Å². The van der Waals surface area contributed by atoms with Crippen molar-refractivity contribution >= 4 is 21.8 Å². The Labute approximate surface area is 143 Å². The highest BCUT2D eigenvalue weighted by Gasteiger charge is 2.16. The fourth-order valence-electron chi connectivity index (χ4n) is 1.96. The highest BCUT2D eigenvalue weighted by Crippen LogP contribution is 2.22.